The van der Waals surface area contributed by atoms with Gasteiger partial charge in [0.15, 0.2) is 0 Å². The minimum absolute atomic E-state index is 0.0121. The first-order chi connectivity index (χ1) is 8.61. The first kappa shape index (κ1) is 15.3. The molecule has 0 heterocycles. The third kappa shape index (κ3) is 2.83. The molecule has 0 aliphatic rings. The minimum Gasteiger partial charge on any atom is -0.507 e. The molecule has 0 saturated heterocycles. The van der Waals surface area contributed by atoms with E-state index < -0.39 is 17.3 Å². The van der Waals surface area contributed by atoms with Crippen molar-refractivity contribution in [1.29, 1.82) is 0 Å². The topological polar surface area (TPSA) is 77.8 Å². The van der Waals surface area contributed by atoms with E-state index in [1.165, 1.54) is 6.07 Å². The Bertz CT molecular complexity index is 498. The van der Waals surface area contributed by atoms with Gasteiger partial charge in [0, 0.05) is 5.56 Å². The van der Waals surface area contributed by atoms with Crippen molar-refractivity contribution in [1.82, 2.24) is 0 Å². The van der Waals surface area contributed by atoms with E-state index in [4.69, 9.17) is 5.11 Å². The fourth-order valence-electron chi connectivity index (χ4n) is 2.35. The molecule has 1 aromatic carbocycles. The van der Waals surface area contributed by atoms with Gasteiger partial charge in [0.2, 0.25) is 0 Å². The highest BCUT2D eigenvalue weighted by atomic mass is 16.4. The van der Waals surface area contributed by atoms with Crippen molar-refractivity contribution in [3.8, 4) is 11.5 Å². The molecule has 4 heteroatoms. The molecular weight excluding hydrogens is 244 g/mol. The quantitative estimate of drug-likeness (QED) is 0.785. The predicted octanol–water partition coefficient (Wildman–Crippen LogP) is 3.15. The van der Waals surface area contributed by atoms with E-state index in [0.717, 1.165) is 0 Å². The molecular formula is C15H22O4. The van der Waals surface area contributed by atoms with Crippen molar-refractivity contribution in [2.75, 3.05) is 0 Å². The second-order valence-corrected chi connectivity index (χ2v) is 5.85. The van der Waals surface area contributed by atoms with Crippen LogP contribution in [0, 0.1) is 0 Å². The Kier molecular flexibility index (Phi) is 4.13. The number of rotatable bonds is 3. The molecule has 0 saturated carbocycles. The Morgan fingerprint density at radius 1 is 1.32 bits per heavy atom. The lowest BCUT2D eigenvalue weighted by atomic mass is 9.81. The van der Waals surface area contributed by atoms with Gasteiger partial charge in [-0.1, -0.05) is 27.7 Å². The Labute approximate surface area is 113 Å². The predicted molar refractivity (Wildman–Crippen MR) is 73.9 cm³/mol. The highest BCUT2D eigenvalue weighted by Gasteiger charge is 2.28. The van der Waals surface area contributed by atoms with Crippen molar-refractivity contribution in [2.24, 2.45) is 0 Å². The average molecular weight is 266 g/mol. The number of phenolic OH excluding ortho intramolecular Hbond substituents is 2. The van der Waals surface area contributed by atoms with E-state index in [0.29, 0.717) is 23.1 Å². The number of carboxylic acid groups (broad SMARTS) is 1. The molecule has 0 aliphatic heterocycles. The number of phenols is 2. The summed E-state index contributed by atoms with van der Waals surface area (Å²) in [7, 11) is 0. The Morgan fingerprint density at radius 3 is 2.21 bits per heavy atom. The summed E-state index contributed by atoms with van der Waals surface area (Å²) >= 11 is 0. The van der Waals surface area contributed by atoms with Crippen LogP contribution in [-0.2, 0) is 16.6 Å². The van der Waals surface area contributed by atoms with E-state index in [9.17, 15) is 15.0 Å². The van der Waals surface area contributed by atoms with Crippen molar-refractivity contribution in [3.63, 3.8) is 0 Å². The molecule has 0 amide bonds. The first-order valence-corrected chi connectivity index (χ1v) is 6.42. The van der Waals surface area contributed by atoms with Crippen LogP contribution in [0.2, 0.25) is 0 Å². The molecule has 19 heavy (non-hydrogen) atoms. The number of hydrogen-bond acceptors (Lipinski definition) is 3. The van der Waals surface area contributed by atoms with E-state index in [-0.39, 0.29) is 11.5 Å². The molecule has 106 valence electrons. The number of benzene rings is 1. The lowest BCUT2D eigenvalue weighted by molar-refractivity contribution is -0.138. The van der Waals surface area contributed by atoms with Crippen molar-refractivity contribution < 1.29 is 20.1 Å². The van der Waals surface area contributed by atoms with E-state index in [1.807, 2.05) is 27.7 Å². The molecule has 1 aromatic rings. The highest BCUT2D eigenvalue weighted by Crippen LogP contribution is 2.43. The summed E-state index contributed by atoms with van der Waals surface area (Å²) in [5.74, 6) is -1.78. The molecule has 0 fully saturated rings. The van der Waals surface area contributed by atoms with Gasteiger partial charge in [0.1, 0.15) is 11.5 Å². The maximum atomic E-state index is 11.1. The third-order valence-electron chi connectivity index (χ3n) is 3.36. The molecule has 0 radical (unpaired) electrons. The van der Waals surface area contributed by atoms with Crippen LogP contribution in [0.3, 0.4) is 0 Å². The van der Waals surface area contributed by atoms with Crippen molar-refractivity contribution in [2.45, 2.75) is 52.4 Å². The Hall–Kier alpha value is -1.71. The monoisotopic (exact) mass is 266 g/mol. The van der Waals surface area contributed by atoms with Crippen LogP contribution in [0.25, 0.3) is 0 Å². The zero-order valence-corrected chi connectivity index (χ0v) is 12.1. The summed E-state index contributed by atoms with van der Waals surface area (Å²) in [6, 6.07) is 1.47. The van der Waals surface area contributed by atoms with E-state index in [2.05, 4.69) is 0 Å². The van der Waals surface area contributed by atoms with Gasteiger partial charge >= 0.3 is 5.97 Å². The van der Waals surface area contributed by atoms with Crippen LogP contribution < -0.4 is 0 Å². The van der Waals surface area contributed by atoms with Gasteiger partial charge in [0.25, 0.3) is 0 Å². The van der Waals surface area contributed by atoms with Gasteiger partial charge in [-0.05, 0) is 36.0 Å². The van der Waals surface area contributed by atoms with Crippen LogP contribution >= 0.6 is 0 Å². The summed E-state index contributed by atoms with van der Waals surface area (Å²) in [6.07, 6.45) is 0.516. The molecule has 0 aliphatic carbocycles. The van der Waals surface area contributed by atoms with Gasteiger partial charge in [0.05, 0.1) is 5.92 Å². The Morgan fingerprint density at radius 2 is 1.84 bits per heavy atom. The van der Waals surface area contributed by atoms with Gasteiger partial charge in [-0.2, -0.15) is 0 Å². The zero-order chi connectivity index (χ0) is 15.0. The van der Waals surface area contributed by atoms with Crippen molar-refractivity contribution >= 4 is 5.97 Å². The van der Waals surface area contributed by atoms with E-state index >= 15 is 0 Å². The normalized spacial score (nSPS) is 13.3. The maximum Gasteiger partial charge on any atom is 0.310 e. The number of aromatic hydroxyl groups is 2. The number of aliphatic carboxylic acids is 1. The average Bonchev–Trinajstić information content (AvgIpc) is 2.25. The summed E-state index contributed by atoms with van der Waals surface area (Å²) in [6.45, 7) is 9.08. The van der Waals surface area contributed by atoms with Crippen LogP contribution in [0.1, 0.15) is 57.2 Å². The summed E-state index contributed by atoms with van der Waals surface area (Å²) in [4.78, 5) is 11.1. The third-order valence-corrected chi connectivity index (χ3v) is 3.36. The largest absolute Gasteiger partial charge is 0.507 e. The molecule has 1 rings (SSSR count). The summed E-state index contributed by atoms with van der Waals surface area (Å²) in [5.41, 5.74) is 1.12. The van der Waals surface area contributed by atoms with Crippen LogP contribution in [0.4, 0.5) is 0 Å². The SMILES string of the molecule is CCc1c(C(C)C(=O)O)cc(O)c(C(C)(C)C)c1O. The molecule has 1 atom stereocenters. The molecule has 0 spiro atoms. The van der Waals surface area contributed by atoms with E-state index in [1.54, 1.807) is 6.92 Å². The minimum atomic E-state index is -0.975. The van der Waals surface area contributed by atoms with Crippen molar-refractivity contribution in [3.05, 3.63) is 22.8 Å². The summed E-state index contributed by atoms with van der Waals surface area (Å²) < 4.78 is 0. The standard InChI is InChI=1S/C15H22O4/c1-6-9-10(8(2)14(18)19)7-11(16)12(13(9)17)15(3,4)5/h7-8,16-17H,6H2,1-5H3,(H,18,19). The lowest BCUT2D eigenvalue weighted by Gasteiger charge is -2.25. The second kappa shape index (κ2) is 5.11. The van der Waals surface area contributed by atoms with Crippen LogP contribution in [0.15, 0.2) is 6.07 Å². The Balaban J connectivity index is 3.60. The first-order valence-electron chi connectivity index (χ1n) is 6.42. The van der Waals surface area contributed by atoms with Crippen LogP contribution in [0.5, 0.6) is 11.5 Å². The molecule has 0 bridgehead atoms. The van der Waals surface area contributed by atoms with Gasteiger partial charge in [-0.25, -0.2) is 0 Å². The highest BCUT2D eigenvalue weighted by molar-refractivity contribution is 5.77. The maximum absolute atomic E-state index is 11.1. The van der Waals surface area contributed by atoms with Gasteiger partial charge in [-0.15, -0.1) is 0 Å². The van der Waals surface area contributed by atoms with Gasteiger partial charge in [-0.3, -0.25) is 4.79 Å². The molecule has 0 aromatic heterocycles. The zero-order valence-electron chi connectivity index (χ0n) is 12.1. The lowest BCUT2D eigenvalue weighted by Crippen LogP contribution is -2.15. The fraction of sp³-hybridized carbons (Fsp3) is 0.533. The fourth-order valence-corrected chi connectivity index (χ4v) is 2.35. The number of carbonyl (C=O) groups is 1. The number of hydrogen-bond donors (Lipinski definition) is 3. The molecule has 3 N–H and O–H groups in total. The second-order valence-electron chi connectivity index (χ2n) is 5.85. The molecule has 1 unspecified atom stereocenters. The summed E-state index contributed by atoms with van der Waals surface area (Å²) in [5, 5.41) is 29.6. The smallest absolute Gasteiger partial charge is 0.310 e. The van der Waals surface area contributed by atoms with Gasteiger partial charge < -0.3 is 15.3 Å². The molecule has 4 nitrogen and oxygen atoms in total. The van der Waals surface area contributed by atoms with Crippen LogP contribution in [-0.4, -0.2) is 21.3 Å². The number of carboxylic acids is 1.